The van der Waals surface area contributed by atoms with Crippen molar-refractivity contribution in [2.24, 2.45) is 0 Å². The molecule has 0 saturated carbocycles. The summed E-state index contributed by atoms with van der Waals surface area (Å²) in [5.74, 6) is 0.717. The van der Waals surface area contributed by atoms with Crippen molar-refractivity contribution in [3.05, 3.63) is 34.3 Å². The van der Waals surface area contributed by atoms with E-state index in [9.17, 15) is 0 Å². The minimum Gasteiger partial charge on any atom is -0.230 e. The van der Waals surface area contributed by atoms with Crippen molar-refractivity contribution in [1.29, 1.82) is 0 Å². The van der Waals surface area contributed by atoms with E-state index in [0.717, 1.165) is 21.3 Å². The van der Waals surface area contributed by atoms with Gasteiger partial charge < -0.3 is 0 Å². The van der Waals surface area contributed by atoms with Crippen LogP contribution in [0.4, 0.5) is 0 Å². The highest BCUT2D eigenvalue weighted by molar-refractivity contribution is 8.00. The van der Waals surface area contributed by atoms with Gasteiger partial charge in [-0.15, -0.1) is 16.4 Å². The Hall–Kier alpha value is -0.690. The number of rotatable bonds is 3. The summed E-state index contributed by atoms with van der Waals surface area (Å²) in [5, 5.41) is 3.98. The van der Waals surface area contributed by atoms with E-state index in [4.69, 9.17) is 11.6 Å². The summed E-state index contributed by atoms with van der Waals surface area (Å²) >= 11 is 10.5. The molecule has 1 aromatic carbocycles. The van der Waals surface area contributed by atoms with Gasteiger partial charge >= 0.3 is 0 Å². The van der Waals surface area contributed by atoms with Crippen LogP contribution < -0.4 is 0 Å². The molecule has 0 aliphatic rings. The van der Waals surface area contributed by atoms with Gasteiger partial charge in [0.2, 0.25) is 0 Å². The number of nitrogens with zero attached hydrogens (tertiary/aromatic N) is 3. The molecule has 0 bridgehead atoms. The maximum absolute atomic E-state index is 5.95. The Kier molecular flexibility index (Phi) is 3.28. The normalized spacial score (nSPS) is 11.1. The molecule has 17 heavy (non-hydrogen) atoms. The van der Waals surface area contributed by atoms with Gasteiger partial charge in [-0.25, -0.2) is 4.98 Å². The third-order valence-electron chi connectivity index (χ3n) is 2.12. The van der Waals surface area contributed by atoms with Crippen LogP contribution in [0.25, 0.3) is 10.2 Å². The molecule has 2 aromatic heterocycles. The maximum Gasteiger partial charge on any atom is 0.151 e. The van der Waals surface area contributed by atoms with E-state index < -0.39 is 0 Å². The fourth-order valence-electron chi connectivity index (χ4n) is 1.33. The molecule has 0 unspecified atom stereocenters. The van der Waals surface area contributed by atoms with Gasteiger partial charge in [-0.2, -0.15) is 0 Å². The van der Waals surface area contributed by atoms with Crippen LogP contribution in [0.2, 0.25) is 4.34 Å². The second-order valence-corrected chi connectivity index (χ2v) is 6.84. The summed E-state index contributed by atoms with van der Waals surface area (Å²) in [7, 11) is 0. The number of para-hydroxylation sites is 1. The van der Waals surface area contributed by atoms with Crippen LogP contribution in [0.5, 0.6) is 0 Å². The van der Waals surface area contributed by atoms with Crippen LogP contribution in [0, 0.1) is 0 Å². The fraction of sp³-hybridized carbons (Fsp3) is 0.100. The molecule has 0 spiro atoms. The lowest BCUT2D eigenvalue weighted by atomic mass is 10.3. The molecule has 0 atom stereocenters. The Bertz CT molecular complexity index is 616. The SMILES string of the molecule is Clc1snnc1CSc1nc2ccccc2s1. The first-order chi connectivity index (χ1) is 8.33. The zero-order valence-electron chi connectivity index (χ0n) is 8.46. The summed E-state index contributed by atoms with van der Waals surface area (Å²) in [5.41, 5.74) is 1.88. The second-order valence-electron chi connectivity index (χ2n) is 3.23. The van der Waals surface area contributed by atoms with Crippen molar-refractivity contribution in [2.45, 2.75) is 10.1 Å². The van der Waals surface area contributed by atoms with Gasteiger partial charge in [0.15, 0.2) is 4.34 Å². The number of hydrogen-bond donors (Lipinski definition) is 0. The lowest BCUT2D eigenvalue weighted by Crippen LogP contribution is -1.81. The molecule has 3 nitrogen and oxygen atoms in total. The first-order valence-corrected chi connectivity index (χ1v) is 7.73. The van der Waals surface area contributed by atoms with E-state index in [2.05, 4.69) is 20.6 Å². The molecule has 86 valence electrons. The van der Waals surface area contributed by atoms with Crippen LogP contribution in [-0.4, -0.2) is 14.6 Å². The largest absolute Gasteiger partial charge is 0.230 e. The van der Waals surface area contributed by atoms with E-state index >= 15 is 0 Å². The molecule has 0 amide bonds. The zero-order chi connectivity index (χ0) is 11.7. The summed E-state index contributed by atoms with van der Waals surface area (Å²) in [6.45, 7) is 0. The zero-order valence-corrected chi connectivity index (χ0v) is 11.7. The van der Waals surface area contributed by atoms with Gasteiger partial charge in [0.25, 0.3) is 0 Å². The predicted octanol–water partition coefficient (Wildman–Crippen LogP) is 4.09. The number of hydrogen-bond acceptors (Lipinski definition) is 6. The Morgan fingerprint density at radius 2 is 2.18 bits per heavy atom. The van der Waals surface area contributed by atoms with E-state index in [1.807, 2.05) is 18.2 Å². The molecule has 0 N–H and O–H groups in total. The highest BCUT2D eigenvalue weighted by atomic mass is 35.5. The lowest BCUT2D eigenvalue weighted by molar-refractivity contribution is 1.07. The molecule has 2 heterocycles. The van der Waals surface area contributed by atoms with E-state index in [0.29, 0.717) is 4.34 Å². The van der Waals surface area contributed by atoms with Crippen LogP contribution in [0.15, 0.2) is 28.6 Å². The Labute approximate surface area is 115 Å². The van der Waals surface area contributed by atoms with Gasteiger partial charge in [-0.1, -0.05) is 40.0 Å². The number of fused-ring (bicyclic) bond motifs is 1. The minimum atomic E-state index is 0.665. The average molecular weight is 300 g/mol. The monoisotopic (exact) mass is 299 g/mol. The Morgan fingerprint density at radius 1 is 1.29 bits per heavy atom. The standard InChI is InChI=1S/C10H6ClN3S3/c11-9-7(13-14-17-9)5-15-10-12-6-3-1-2-4-8(6)16-10/h1-4H,5H2. The fourth-order valence-corrected chi connectivity index (χ4v) is 4.13. The van der Waals surface area contributed by atoms with E-state index in [1.54, 1.807) is 23.1 Å². The summed E-state index contributed by atoms with van der Waals surface area (Å²) in [4.78, 5) is 4.54. The highest BCUT2D eigenvalue weighted by Crippen LogP contribution is 2.32. The second kappa shape index (κ2) is 4.89. The van der Waals surface area contributed by atoms with Gasteiger partial charge in [0.05, 0.1) is 10.2 Å². The molecular formula is C10H6ClN3S3. The topological polar surface area (TPSA) is 38.7 Å². The minimum absolute atomic E-state index is 0.665. The molecule has 3 rings (SSSR count). The van der Waals surface area contributed by atoms with Crippen LogP contribution in [0.1, 0.15) is 5.69 Å². The first kappa shape index (κ1) is 11.4. The number of halogens is 1. The summed E-state index contributed by atoms with van der Waals surface area (Å²) < 4.78 is 6.71. The number of aromatic nitrogens is 3. The predicted molar refractivity (Wildman–Crippen MR) is 74.1 cm³/mol. The number of thiazole rings is 1. The molecule has 0 aliphatic heterocycles. The van der Waals surface area contributed by atoms with Gasteiger partial charge in [0, 0.05) is 17.3 Å². The molecule has 0 saturated heterocycles. The molecule has 0 radical (unpaired) electrons. The maximum atomic E-state index is 5.95. The van der Waals surface area contributed by atoms with Crippen LogP contribution in [-0.2, 0) is 5.75 Å². The lowest BCUT2D eigenvalue weighted by Gasteiger charge is -1.92. The number of thioether (sulfide) groups is 1. The van der Waals surface area contributed by atoms with Gasteiger partial charge in [-0.3, -0.25) is 0 Å². The third kappa shape index (κ3) is 2.44. The average Bonchev–Trinajstić information content (AvgIpc) is 2.92. The van der Waals surface area contributed by atoms with E-state index in [-0.39, 0.29) is 0 Å². The van der Waals surface area contributed by atoms with Gasteiger partial charge in [-0.05, 0) is 12.1 Å². The van der Waals surface area contributed by atoms with Crippen molar-refractivity contribution in [3.8, 4) is 0 Å². The Balaban J connectivity index is 1.79. The van der Waals surface area contributed by atoms with Crippen molar-refractivity contribution >= 4 is 56.4 Å². The quantitative estimate of drug-likeness (QED) is 0.683. The summed E-state index contributed by atoms with van der Waals surface area (Å²) in [6, 6.07) is 8.12. The Morgan fingerprint density at radius 3 is 2.94 bits per heavy atom. The van der Waals surface area contributed by atoms with Crippen LogP contribution in [0.3, 0.4) is 0 Å². The van der Waals surface area contributed by atoms with Crippen molar-refractivity contribution < 1.29 is 0 Å². The molecule has 0 fully saturated rings. The molecule has 3 aromatic rings. The van der Waals surface area contributed by atoms with Crippen molar-refractivity contribution in [1.82, 2.24) is 14.6 Å². The molecule has 7 heteroatoms. The van der Waals surface area contributed by atoms with Crippen LogP contribution >= 0.6 is 46.2 Å². The third-order valence-corrected chi connectivity index (χ3v) is 5.29. The van der Waals surface area contributed by atoms with Crippen molar-refractivity contribution in [3.63, 3.8) is 0 Å². The highest BCUT2D eigenvalue weighted by Gasteiger charge is 2.08. The van der Waals surface area contributed by atoms with Gasteiger partial charge in [0.1, 0.15) is 10.0 Å². The smallest absolute Gasteiger partial charge is 0.151 e. The number of benzene rings is 1. The molecule has 0 aliphatic carbocycles. The van der Waals surface area contributed by atoms with Crippen molar-refractivity contribution in [2.75, 3.05) is 0 Å². The molecular weight excluding hydrogens is 294 g/mol. The van der Waals surface area contributed by atoms with E-state index in [1.165, 1.54) is 16.2 Å². The summed E-state index contributed by atoms with van der Waals surface area (Å²) in [6.07, 6.45) is 0. The first-order valence-electron chi connectivity index (χ1n) is 4.78.